The molecule has 3 atom stereocenters. The quantitative estimate of drug-likeness (QED) is 0.849. The Bertz CT molecular complexity index is 757. The van der Waals surface area contributed by atoms with Crippen LogP contribution in [-0.2, 0) is 4.79 Å². The predicted octanol–water partition coefficient (Wildman–Crippen LogP) is 3.81. The van der Waals surface area contributed by atoms with Crippen molar-refractivity contribution < 1.29 is 4.79 Å². The second-order valence-corrected chi connectivity index (χ2v) is 7.52. The Labute approximate surface area is 147 Å². The molecule has 0 radical (unpaired) electrons. The first-order chi connectivity index (χ1) is 11.6. The molecule has 2 fully saturated rings. The monoisotopic (exact) mass is 343 g/mol. The van der Waals surface area contributed by atoms with Gasteiger partial charge in [0, 0.05) is 30.2 Å². The smallest absolute Gasteiger partial charge is 0.226 e. The fourth-order valence-corrected chi connectivity index (χ4v) is 4.01. The number of halogens is 1. The van der Waals surface area contributed by atoms with Gasteiger partial charge in [0.25, 0.3) is 0 Å². The van der Waals surface area contributed by atoms with Crippen LogP contribution in [0.3, 0.4) is 0 Å². The third kappa shape index (κ3) is 3.07. The molecular weight excluding hydrogens is 322 g/mol. The Morgan fingerprint density at radius 3 is 3.00 bits per heavy atom. The lowest BCUT2D eigenvalue weighted by molar-refractivity contribution is -0.134. The minimum absolute atomic E-state index is 0.126. The molecule has 0 bridgehead atoms. The van der Waals surface area contributed by atoms with Crippen molar-refractivity contribution in [3.05, 3.63) is 52.8 Å². The van der Waals surface area contributed by atoms with Gasteiger partial charge in [-0.25, -0.2) is 0 Å². The maximum atomic E-state index is 12.9. The number of benzene rings is 1. The number of hydrogen-bond acceptors (Lipinski definition) is 2. The van der Waals surface area contributed by atoms with E-state index in [-0.39, 0.29) is 5.92 Å². The van der Waals surface area contributed by atoms with Gasteiger partial charge in [-0.05, 0) is 55.4 Å². The molecule has 1 aromatic carbocycles. The van der Waals surface area contributed by atoms with Gasteiger partial charge in [-0.2, -0.15) is 5.10 Å². The first-order valence-electron chi connectivity index (χ1n) is 8.67. The summed E-state index contributed by atoms with van der Waals surface area (Å²) in [6, 6.07) is 8.22. The highest BCUT2D eigenvalue weighted by molar-refractivity contribution is 6.30. The molecule has 5 heteroatoms. The number of amides is 1. The van der Waals surface area contributed by atoms with Gasteiger partial charge in [-0.3, -0.25) is 9.48 Å². The van der Waals surface area contributed by atoms with E-state index in [9.17, 15) is 4.79 Å². The molecule has 1 saturated heterocycles. The second-order valence-electron chi connectivity index (χ2n) is 7.08. The SMILES string of the molecule is Cc1cnn(C2CCCN(C(=O)C3CC3c3cccc(Cl)c3)C2)c1. The first kappa shape index (κ1) is 15.7. The van der Waals surface area contributed by atoms with E-state index < -0.39 is 0 Å². The highest BCUT2D eigenvalue weighted by Gasteiger charge is 2.46. The second kappa shape index (κ2) is 6.25. The van der Waals surface area contributed by atoms with Crippen LogP contribution in [-0.4, -0.2) is 33.7 Å². The lowest BCUT2D eigenvalue weighted by Gasteiger charge is -2.33. The standard InChI is InChI=1S/C19H22ClN3O/c1-13-10-21-23(11-13)16-6-3-7-22(12-16)19(24)18-9-17(18)14-4-2-5-15(20)8-14/h2,4-5,8,10-11,16-18H,3,6-7,9,12H2,1H3. The van der Waals surface area contributed by atoms with Crippen LogP contribution in [0.5, 0.6) is 0 Å². The first-order valence-corrected chi connectivity index (χ1v) is 9.04. The normalized spacial score (nSPS) is 26.4. The molecule has 4 rings (SSSR count). The van der Waals surface area contributed by atoms with Crippen LogP contribution in [0.15, 0.2) is 36.7 Å². The average molecular weight is 344 g/mol. The summed E-state index contributed by atoms with van der Waals surface area (Å²) in [4.78, 5) is 14.9. The van der Waals surface area contributed by atoms with Crippen LogP contribution in [0.25, 0.3) is 0 Å². The summed E-state index contributed by atoms with van der Waals surface area (Å²) in [5, 5.41) is 5.18. The number of likely N-dealkylation sites (tertiary alicyclic amines) is 1. The van der Waals surface area contributed by atoms with Gasteiger partial charge in [0.15, 0.2) is 0 Å². The molecule has 1 aliphatic heterocycles. The molecule has 1 amide bonds. The van der Waals surface area contributed by atoms with Crippen molar-refractivity contribution in [2.24, 2.45) is 5.92 Å². The van der Waals surface area contributed by atoms with Crippen LogP contribution in [0.1, 0.15) is 42.3 Å². The van der Waals surface area contributed by atoms with E-state index in [2.05, 4.69) is 24.3 Å². The molecule has 1 aromatic heterocycles. The third-order valence-corrected chi connectivity index (χ3v) is 5.43. The van der Waals surface area contributed by atoms with Crippen LogP contribution >= 0.6 is 11.6 Å². The summed E-state index contributed by atoms with van der Waals surface area (Å²) < 4.78 is 2.02. The van der Waals surface area contributed by atoms with E-state index in [0.717, 1.165) is 37.4 Å². The zero-order valence-corrected chi connectivity index (χ0v) is 14.6. The highest BCUT2D eigenvalue weighted by atomic mass is 35.5. The van der Waals surface area contributed by atoms with E-state index in [1.165, 1.54) is 11.1 Å². The molecule has 2 heterocycles. The molecule has 3 unspecified atom stereocenters. The van der Waals surface area contributed by atoms with Crippen molar-refractivity contribution in [2.75, 3.05) is 13.1 Å². The van der Waals surface area contributed by atoms with E-state index >= 15 is 0 Å². The number of rotatable bonds is 3. The molecule has 0 spiro atoms. The van der Waals surface area contributed by atoms with E-state index in [0.29, 0.717) is 17.9 Å². The van der Waals surface area contributed by atoms with Crippen molar-refractivity contribution in [3.63, 3.8) is 0 Å². The summed E-state index contributed by atoms with van der Waals surface area (Å²) in [7, 11) is 0. The van der Waals surface area contributed by atoms with Gasteiger partial charge in [0.05, 0.1) is 12.2 Å². The lowest BCUT2D eigenvalue weighted by Crippen LogP contribution is -2.41. The Kier molecular flexibility index (Phi) is 4.09. The van der Waals surface area contributed by atoms with Crippen molar-refractivity contribution in [1.29, 1.82) is 0 Å². The largest absolute Gasteiger partial charge is 0.340 e. The minimum atomic E-state index is 0.126. The van der Waals surface area contributed by atoms with Crippen LogP contribution < -0.4 is 0 Å². The summed E-state index contributed by atoms with van der Waals surface area (Å²) in [5.74, 6) is 0.763. The van der Waals surface area contributed by atoms with Crippen molar-refractivity contribution >= 4 is 17.5 Å². The van der Waals surface area contributed by atoms with Gasteiger partial charge in [-0.1, -0.05) is 23.7 Å². The third-order valence-electron chi connectivity index (χ3n) is 5.20. The van der Waals surface area contributed by atoms with Crippen LogP contribution in [0.4, 0.5) is 0 Å². The molecule has 0 N–H and O–H groups in total. The number of aromatic nitrogens is 2. The molecule has 4 nitrogen and oxygen atoms in total. The maximum Gasteiger partial charge on any atom is 0.226 e. The zero-order valence-electron chi connectivity index (χ0n) is 13.9. The number of piperidine rings is 1. The van der Waals surface area contributed by atoms with E-state index in [1.54, 1.807) is 0 Å². The number of carbonyl (C=O) groups excluding carboxylic acids is 1. The van der Waals surface area contributed by atoms with Gasteiger partial charge in [-0.15, -0.1) is 0 Å². The average Bonchev–Trinajstić information content (AvgIpc) is 3.28. The molecule has 2 aliphatic rings. The fraction of sp³-hybridized carbons (Fsp3) is 0.474. The Hall–Kier alpha value is -1.81. The van der Waals surface area contributed by atoms with Crippen molar-refractivity contribution in [1.82, 2.24) is 14.7 Å². The topological polar surface area (TPSA) is 38.1 Å². The molecule has 2 aromatic rings. The Morgan fingerprint density at radius 2 is 2.25 bits per heavy atom. The summed E-state index contributed by atoms with van der Waals surface area (Å²) >= 11 is 6.08. The lowest BCUT2D eigenvalue weighted by atomic mass is 10.0. The van der Waals surface area contributed by atoms with E-state index in [1.807, 2.05) is 34.0 Å². The molecular formula is C19H22ClN3O. The maximum absolute atomic E-state index is 12.9. The van der Waals surface area contributed by atoms with Crippen molar-refractivity contribution in [2.45, 2.75) is 38.1 Å². The zero-order chi connectivity index (χ0) is 16.7. The van der Waals surface area contributed by atoms with Gasteiger partial charge >= 0.3 is 0 Å². The predicted molar refractivity (Wildman–Crippen MR) is 94.1 cm³/mol. The Morgan fingerprint density at radius 1 is 1.38 bits per heavy atom. The fourth-order valence-electron chi connectivity index (χ4n) is 3.81. The number of aryl methyl sites for hydroxylation is 1. The summed E-state index contributed by atoms with van der Waals surface area (Å²) in [5.41, 5.74) is 2.36. The number of carbonyl (C=O) groups is 1. The number of hydrogen-bond donors (Lipinski definition) is 0. The molecule has 1 saturated carbocycles. The van der Waals surface area contributed by atoms with Gasteiger partial charge < -0.3 is 4.90 Å². The highest BCUT2D eigenvalue weighted by Crippen LogP contribution is 2.49. The Balaban J connectivity index is 1.42. The summed E-state index contributed by atoms with van der Waals surface area (Å²) in [6.07, 6.45) is 7.04. The molecule has 24 heavy (non-hydrogen) atoms. The van der Waals surface area contributed by atoms with Crippen molar-refractivity contribution in [3.8, 4) is 0 Å². The molecule has 126 valence electrons. The van der Waals surface area contributed by atoms with Gasteiger partial charge in [0.1, 0.15) is 0 Å². The van der Waals surface area contributed by atoms with E-state index in [4.69, 9.17) is 11.6 Å². The van der Waals surface area contributed by atoms with Crippen LogP contribution in [0.2, 0.25) is 5.02 Å². The van der Waals surface area contributed by atoms with Crippen LogP contribution in [0, 0.1) is 12.8 Å². The summed E-state index contributed by atoms with van der Waals surface area (Å²) in [6.45, 7) is 3.70. The number of nitrogens with zero attached hydrogens (tertiary/aromatic N) is 3. The molecule has 1 aliphatic carbocycles. The minimum Gasteiger partial charge on any atom is -0.340 e. The van der Waals surface area contributed by atoms with Gasteiger partial charge in [0.2, 0.25) is 5.91 Å².